The highest BCUT2D eigenvalue weighted by Crippen LogP contribution is 2.13. The van der Waals surface area contributed by atoms with Crippen LogP contribution in [0.1, 0.15) is 16.1 Å². The molecule has 0 spiro atoms. The predicted octanol–water partition coefficient (Wildman–Crippen LogP) is 1.34. The average Bonchev–Trinajstić information content (AvgIpc) is 2.48. The van der Waals surface area contributed by atoms with Gasteiger partial charge in [-0.1, -0.05) is 12.1 Å². The molecule has 2 rings (SSSR count). The second kappa shape index (κ2) is 6.01. The van der Waals surface area contributed by atoms with Gasteiger partial charge in [-0.3, -0.25) is 4.79 Å². The molecule has 2 N–H and O–H groups in total. The fraction of sp³-hybridized carbons (Fsp3) is 0.214. The maximum Gasteiger partial charge on any atom is 0.274 e. The van der Waals surface area contributed by atoms with E-state index >= 15 is 0 Å². The monoisotopic (exact) mass is 272 g/mol. The van der Waals surface area contributed by atoms with Crippen molar-refractivity contribution >= 4 is 11.7 Å². The Kier molecular flexibility index (Phi) is 4.14. The SMILES string of the molecule is COc1ccc(CN(C)C(=O)c2cnc(N)cn2)cc1. The van der Waals surface area contributed by atoms with Gasteiger partial charge in [-0.2, -0.15) is 0 Å². The number of benzene rings is 1. The lowest BCUT2D eigenvalue weighted by molar-refractivity contribution is 0.0779. The van der Waals surface area contributed by atoms with Gasteiger partial charge in [0.25, 0.3) is 5.91 Å². The van der Waals surface area contributed by atoms with E-state index in [0.29, 0.717) is 12.4 Å². The summed E-state index contributed by atoms with van der Waals surface area (Å²) in [5.41, 5.74) is 6.72. The first-order valence-corrected chi connectivity index (χ1v) is 6.06. The number of carbonyl (C=O) groups is 1. The molecule has 1 aromatic heterocycles. The van der Waals surface area contributed by atoms with E-state index in [9.17, 15) is 4.79 Å². The minimum Gasteiger partial charge on any atom is -0.497 e. The summed E-state index contributed by atoms with van der Waals surface area (Å²) in [6.45, 7) is 0.481. The highest BCUT2D eigenvalue weighted by molar-refractivity contribution is 5.91. The van der Waals surface area contributed by atoms with Crippen LogP contribution in [0.15, 0.2) is 36.7 Å². The molecule has 0 saturated heterocycles. The molecule has 6 heteroatoms. The summed E-state index contributed by atoms with van der Waals surface area (Å²) in [6.07, 6.45) is 2.75. The third-order valence-electron chi connectivity index (χ3n) is 2.82. The fourth-order valence-corrected chi connectivity index (χ4v) is 1.72. The molecule has 1 heterocycles. The molecular weight excluding hydrogens is 256 g/mol. The van der Waals surface area contributed by atoms with Crippen LogP contribution < -0.4 is 10.5 Å². The van der Waals surface area contributed by atoms with E-state index < -0.39 is 0 Å². The van der Waals surface area contributed by atoms with Crippen molar-refractivity contribution in [1.82, 2.24) is 14.9 Å². The third-order valence-corrected chi connectivity index (χ3v) is 2.82. The molecule has 0 fully saturated rings. The molecule has 0 unspecified atom stereocenters. The number of carbonyl (C=O) groups excluding carboxylic acids is 1. The standard InChI is InChI=1S/C14H16N4O2/c1-18(9-10-3-5-11(20-2)6-4-10)14(19)12-7-17-13(15)8-16-12/h3-8H,9H2,1-2H3,(H2,15,17). The Bertz CT molecular complexity index is 581. The summed E-state index contributed by atoms with van der Waals surface area (Å²) in [7, 11) is 3.33. The molecule has 0 aliphatic carbocycles. The van der Waals surface area contributed by atoms with Crippen molar-refractivity contribution in [2.24, 2.45) is 0 Å². The highest BCUT2D eigenvalue weighted by atomic mass is 16.5. The number of nitrogens with zero attached hydrogens (tertiary/aromatic N) is 3. The van der Waals surface area contributed by atoms with E-state index in [-0.39, 0.29) is 11.6 Å². The van der Waals surface area contributed by atoms with E-state index in [4.69, 9.17) is 10.5 Å². The average molecular weight is 272 g/mol. The maximum atomic E-state index is 12.1. The Labute approximate surface area is 117 Å². The van der Waals surface area contributed by atoms with E-state index in [1.165, 1.54) is 12.4 Å². The van der Waals surface area contributed by atoms with Crippen LogP contribution in [0.25, 0.3) is 0 Å². The molecule has 2 aromatic rings. The first-order chi connectivity index (χ1) is 9.60. The number of rotatable bonds is 4. The smallest absolute Gasteiger partial charge is 0.274 e. The van der Waals surface area contributed by atoms with Gasteiger partial charge in [0, 0.05) is 13.6 Å². The number of anilines is 1. The van der Waals surface area contributed by atoms with Gasteiger partial charge in [-0.05, 0) is 17.7 Å². The zero-order chi connectivity index (χ0) is 14.5. The summed E-state index contributed by atoms with van der Waals surface area (Å²) < 4.78 is 5.09. The number of amides is 1. The molecule has 0 aliphatic heterocycles. The van der Waals surface area contributed by atoms with Crippen LogP contribution >= 0.6 is 0 Å². The molecule has 0 aliphatic rings. The third kappa shape index (κ3) is 3.23. The summed E-state index contributed by atoms with van der Waals surface area (Å²) in [6, 6.07) is 7.54. The Balaban J connectivity index is 2.04. The normalized spacial score (nSPS) is 10.1. The van der Waals surface area contributed by atoms with Gasteiger partial charge in [0.1, 0.15) is 17.3 Å². The first kappa shape index (κ1) is 13.8. The number of aromatic nitrogens is 2. The molecule has 104 valence electrons. The maximum absolute atomic E-state index is 12.1. The molecule has 20 heavy (non-hydrogen) atoms. The fourth-order valence-electron chi connectivity index (χ4n) is 1.72. The second-order valence-electron chi connectivity index (χ2n) is 4.34. The zero-order valence-electron chi connectivity index (χ0n) is 11.4. The lowest BCUT2D eigenvalue weighted by atomic mass is 10.2. The van der Waals surface area contributed by atoms with Crippen molar-refractivity contribution in [1.29, 1.82) is 0 Å². The van der Waals surface area contributed by atoms with Gasteiger partial charge >= 0.3 is 0 Å². The highest BCUT2D eigenvalue weighted by Gasteiger charge is 2.13. The van der Waals surface area contributed by atoms with Crippen molar-refractivity contribution in [2.75, 3.05) is 19.9 Å². The summed E-state index contributed by atoms with van der Waals surface area (Å²) in [4.78, 5) is 21.5. The first-order valence-electron chi connectivity index (χ1n) is 6.06. The second-order valence-corrected chi connectivity index (χ2v) is 4.34. The summed E-state index contributed by atoms with van der Waals surface area (Å²) in [5.74, 6) is 0.875. The number of hydrogen-bond donors (Lipinski definition) is 1. The van der Waals surface area contributed by atoms with Crippen molar-refractivity contribution < 1.29 is 9.53 Å². The molecule has 6 nitrogen and oxygen atoms in total. The van der Waals surface area contributed by atoms with Crippen LogP contribution in [-0.2, 0) is 6.54 Å². The number of nitrogen functional groups attached to an aromatic ring is 1. The molecule has 0 radical (unpaired) electrons. The Morgan fingerprint density at radius 2 is 1.95 bits per heavy atom. The minimum atomic E-state index is -0.201. The Hall–Kier alpha value is -2.63. The van der Waals surface area contributed by atoms with Crippen molar-refractivity contribution in [3.63, 3.8) is 0 Å². The number of hydrogen-bond acceptors (Lipinski definition) is 5. The van der Waals surface area contributed by atoms with Gasteiger partial charge in [0.15, 0.2) is 0 Å². The quantitative estimate of drug-likeness (QED) is 0.908. The van der Waals surface area contributed by atoms with Gasteiger partial charge in [-0.25, -0.2) is 9.97 Å². The van der Waals surface area contributed by atoms with Crippen LogP contribution in [0.3, 0.4) is 0 Å². The Morgan fingerprint density at radius 3 is 2.50 bits per heavy atom. The van der Waals surface area contributed by atoms with Crippen molar-refractivity contribution in [3.8, 4) is 5.75 Å². The number of methoxy groups -OCH3 is 1. The lowest BCUT2D eigenvalue weighted by Crippen LogP contribution is -2.27. The van der Waals surface area contributed by atoms with Crippen molar-refractivity contribution in [2.45, 2.75) is 6.54 Å². The summed E-state index contributed by atoms with van der Waals surface area (Å²) in [5, 5.41) is 0. The van der Waals surface area contributed by atoms with Gasteiger partial charge < -0.3 is 15.4 Å². The molecule has 1 aromatic carbocycles. The van der Waals surface area contributed by atoms with Crippen LogP contribution in [0.5, 0.6) is 5.75 Å². The molecule has 0 atom stereocenters. The lowest BCUT2D eigenvalue weighted by Gasteiger charge is -2.16. The molecule has 1 amide bonds. The van der Waals surface area contributed by atoms with E-state index in [2.05, 4.69) is 9.97 Å². The van der Waals surface area contributed by atoms with Crippen LogP contribution in [0, 0.1) is 0 Å². The Morgan fingerprint density at radius 1 is 1.25 bits per heavy atom. The topological polar surface area (TPSA) is 81.3 Å². The summed E-state index contributed by atoms with van der Waals surface area (Å²) >= 11 is 0. The number of ether oxygens (including phenoxy) is 1. The molecule has 0 saturated carbocycles. The van der Waals surface area contributed by atoms with E-state index in [1.54, 1.807) is 19.1 Å². The molecule has 0 bridgehead atoms. The van der Waals surface area contributed by atoms with Gasteiger partial charge in [-0.15, -0.1) is 0 Å². The zero-order valence-corrected chi connectivity index (χ0v) is 11.4. The van der Waals surface area contributed by atoms with Crippen LogP contribution in [-0.4, -0.2) is 34.9 Å². The number of nitrogens with two attached hydrogens (primary N) is 1. The van der Waals surface area contributed by atoms with Crippen LogP contribution in [0.2, 0.25) is 0 Å². The van der Waals surface area contributed by atoms with Crippen LogP contribution in [0.4, 0.5) is 5.82 Å². The van der Waals surface area contributed by atoms with E-state index in [1.807, 2.05) is 24.3 Å². The van der Waals surface area contributed by atoms with Gasteiger partial charge in [0.2, 0.25) is 0 Å². The van der Waals surface area contributed by atoms with E-state index in [0.717, 1.165) is 11.3 Å². The van der Waals surface area contributed by atoms with Crippen molar-refractivity contribution in [3.05, 3.63) is 47.9 Å². The minimum absolute atomic E-state index is 0.201. The molecular formula is C14H16N4O2. The predicted molar refractivity (Wildman–Crippen MR) is 75.2 cm³/mol. The largest absolute Gasteiger partial charge is 0.497 e. The van der Waals surface area contributed by atoms with Gasteiger partial charge in [0.05, 0.1) is 19.5 Å².